The minimum atomic E-state index is -0.596. The van der Waals surface area contributed by atoms with Crippen LogP contribution in [0, 0.1) is 5.92 Å². The van der Waals surface area contributed by atoms with Gasteiger partial charge in [0.2, 0.25) is 0 Å². The molecule has 2 aromatic rings. The van der Waals surface area contributed by atoms with E-state index in [2.05, 4.69) is 19.2 Å². The van der Waals surface area contributed by atoms with Crippen molar-refractivity contribution in [2.24, 2.45) is 5.92 Å². The maximum Gasteiger partial charge on any atom is 0.338 e. The largest absolute Gasteiger partial charge is 0.493 e. The first-order valence-electron chi connectivity index (χ1n) is 9.76. The average molecular weight is 399 g/mol. The zero-order valence-electron chi connectivity index (χ0n) is 17.4. The van der Waals surface area contributed by atoms with E-state index in [0.717, 1.165) is 12.0 Å². The summed E-state index contributed by atoms with van der Waals surface area (Å²) in [6.07, 6.45) is 0.791. The summed E-state index contributed by atoms with van der Waals surface area (Å²) in [6.45, 7) is 6.19. The smallest absolute Gasteiger partial charge is 0.338 e. The summed E-state index contributed by atoms with van der Waals surface area (Å²) in [5.74, 6) is 0.447. The number of carbonyl (C=O) groups excluding carboxylic acids is 2. The number of carbonyl (C=O) groups is 2. The molecule has 6 nitrogen and oxygen atoms in total. The van der Waals surface area contributed by atoms with Crippen LogP contribution in [0.4, 0.5) is 0 Å². The number of amides is 1. The molecule has 0 heterocycles. The van der Waals surface area contributed by atoms with Crippen LogP contribution in [-0.2, 0) is 9.53 Å². The fourth-order valence-corrected chi connectivity index (χ4v) is 2.95. The third-order valence-corrected chi connectivity index (χ3v) is 4.28. The standard InChI is InChI=1S/C23H29NO5/c1-5-28-20-12-11-18(14-21(20)27-4)23(26)29-15-22(25)24-19(13-16(2)3)17-9-7-6-8-10-17/h6-12,14,16,19H,5,13,15H2,1-4H3,(H,24,25)/t19-/m1/s1. The topological polar surface area (TPSA) is 73.9 Å². The van der Waals surface area contributed by atoms with E-state index in [0.29, 0.717) is 29.6 Å². The Morgan fingerprint density at radius 2 is 1.76 bits per heavy atom. The molecule has 1 N–H and O–H groups in total. The lowest BCUT2D eigenvalue weighted by Crippen LogP contribution is -2.33. The van der Waals surface area contributed by atoms with Crippen LogP contribution in [0.3, 0.4) is 0 Å². The first-order chi connectivity index (χ1) is 13.9. The molecule has 0 aliphatic carbocycles. The highest BCUT2D eigenvalue weighted by Gasteiger charge is 2.18. The number of methoxy groups -OCH3 is 1. The quantitative estimate of drug-likeness (QED) is 0.608. The Morgan fingerprint density at radius 1 is 1.03 bits per heavy atom. The molecule has 0 saturated carbocycles. The van der Waals surface area contributed by atoms with Gasteiger partial charge in [-0.1, -0.05) is 44.2 Å². The number of rotatable bonds is 10. The summed E-state index contributed by atoms with van der Waals surface area (Å²) in [5, 5.41) is 2.96. The third kappa shape index (κ3) is 6.82. The van der Waals surface area contributed by atoms with Gasteiger partial charge in [-0.15, -0.1) is 0 Å². The Kier molecular flexibility index (Phi) is 8.52. The minimum Gasteiger partial charge on any atom is -0.493 e. The van der Waals surface area contributed by atoms with Gasteiger partial charge in [-0.25, -0.2) is 4.79 Å². The van der Waals surface area contributed by atoms with E-state index in [1.165, 1.54) is 13.2 Å². The molecule has 0 spiro atoms. The van der Waals surface area contributed by atoms with Gasteiger partial charge >= 0.3 is 5.97 Å². The highest BCUT2D eigenvalue weighted by atomic mass is 16.5. The maximum atomic E-state index is 12.4. The lowest BCUT2D eigenvalue weighted by Gasteiger charge is -2.21. The minimum absolute atomic E-state index is 0.132. The number of esters is 1. The van der Waals surface area contributed by atoms with Crippen molar-refractivity contribution in [3.63, 3.8) is 0 Å². The van der Waals surface area contributed by atoms with Crippen molar-refractivity contribution in [2.75, 3.05) is 20.3 Å². The van der Waals surface area contributed by atoms with Crippen LogP contribution >= 0.6 is 0 Å². The second kappa shape index (κ2) is 11.1. The number of hydrogen-bond donors (Lipinski definition) is 1. The predicted octanol–water partition coefficient (Wildman–Crippen LogP) is 4.15. The Balaban J connectivity index is 1.97. The average Bonchev–Trinajstić information content (AvgIpc) is 2.72. The normalized spacial score (nSPS) is 11.6. The van der Waals surface area contributed by atoms with Crippen molar-refractivity contribution in [1.82, 2.24) is 5.32 Å². The molecule has 0 aliphatic rings. The van der Waals surface area contributed by atoms with Gasteiger partial charge in [0.15, 0.2) is 18.1 Å². The summed E-state index contributed by atoms with van der Waals surface area (Å²) < 4.78 is 15.9. The molecule has 0 bridgehead atoms. The van der Waals surface area contributed by atoms with E-state index in [4.69, 9.17) is 14.2 Å². The summed E-state index contributed by atoms with van der Waals surface area (Å²) in [5.41, 5.74) is 1.32. The first kappa shape index (κ1) is 22.3. The Hall–Kier alpha value is -3.02. The van der Waals surface area contributed by atoms with Crippen molar-refractivity contribution in [3.05, 3.63) is 59.7 Å². The monoisotopic (exact) mass is 399 g/mol. The Bertz CT molecular complexity index is 804. The number of hydrogen-bond acceptors (Lipinski definition) is 5. The van der Waals surface area contributed by atoms with Crippen molar-refractivity contribution < 1.29 is 23.8 Å². The van der Waals surface area contributed by atoms with E-state index in [1.807, 2.05) is 37.3 Å². The number of benzene rings is 2. The molecule has 0 radical (unpaired) electrons. The predicted molar refractivity (Wildman–Crippen MR) is 111 cm³/mol. The molecule has 2 rings (SSSR count). The molecular weight excluding hydrogens is 370 g/mol. The van der Waals surface area contributed by atoms with E-state index < -0.39 is 5.97 Å². The van der Waals surface area contributed by atoms with Gasteiger partial charge in [-0.2, -0.15) is 0 Å². The molecule has 2 aromatic carbocycles. The SMILES string of the molecule is CCOc1ccc(C(=O)OCC(=O)N[C@H](CC(C)C)c2ccccc2)cc1OC. The van der Waals surface area contributed by atoms with Gasteiger partial charge in [0.1, 0.15) is 0 Å². The van der Waals surface area contributed by atoms with Crippen LogP contribution in [0.15, 0.2) is 48.5 Å². The van der Waals surface area contributed by atoms with E-state index in [9.17, 15) is 9.59 Å². The van der Waals surface area contributed by atoms with Gasteiger partial charge in [-0.3, -0.25) is 4.79 Å². The fourth-order valence-electron chi connectivity index (χ4n) is 2.95. The highest BCUT2D eigenvalue weighted by Crippen LogP contribution is 2.28. The van der Waals surface area contributed by atoms with Crippen molar-refractivity contribution in [3.8, 4) is 11.5 Å². The maximum absolute atomic E-state index is 12.4. The third-order valence-electron chi connectivity index (χ3n) is 4.28. The van der Waals surface area contributed by atoms with Crippen molar-refractivity contribution in [2.45, 2.75) is 33.2 Å². The van der Waals surface area contributed by atoms with Crippen LogP contribution in [-0.4, -0.2) is 32.2 Å². The molecule has 0 aromatic heterocycles. The molecule has 1 atom stereocenters. The van der Waals surface area contributed by atoms with Gasteiger partial charge in [0.05, 0.1) is 25.3 Å². The number of nitrogens with one attached hydrogen (secondary N) is 1. The second-order valence-electron chi connectivity index (χ2n) is 7.04. The van der Waals surface area contributed by atoms with Gasteiger partial charge in [0, 0.05) is 0 Å². The molecule has 29 heavy (non-hydrogen) atoms. The van der Waals surface area contributed by atoms with Crippen LogP contribution in [0.25, 0.3) is 0 Å². The molecule has 1 amide bonds. The molecule has 0 saturated heterocycles. The fraction of sp³-hybridized carbons (Fsp3) is 0.391. The summed E-state index contributed by atoms with van der Waals surface area (Å²) in [6, 6.07) is 14.4. The van der Waals surface area contributed by atoms with Crippen LogP contribution < -0.4 is 14.8 Å². The first-order valence-corrected chi connectivity index (χ1v) is 9.76. The van der Waals surface area contributed by atoms with Gasteiger partial charge < -0.3 is 19.5 Å². The lowest BCUT2D eigenvalue weighted by atomic mass is 9.97. The zero-order valence-corrected chi connectivity index (χ0v) is 17.4. The van der Waals surface area contributed by atoms with Crippen molar-refractivity contribution in [1.29, 1.82) is 0 Å². The molecule has 0 aliphatic heterocycles. The van der Waals surface area contributed by atoms with E-state index in [-0.39, 0.29) is 18.6 Å². The van der Waals surface area contributed by atoms with Crippen LogP contribution in [0.5, 0.6) is 11.5 Å². The summed E-state index contributed by atoms with van der Waals surface area (Å²) >= 11 is 0. The Morgan fingerprint density at radius 3 is 2.38 bits per heavy atom. The van der Waals surface area contributed by atoms with E-state index in [1.54, 1.807) is 12.1 Å². The van der Waals surface area contributed by atoms with Gasteiger partial charge in [-0.05, 0) is 43.0 Å². The molecular formula is C23H29NO5. The molecule has 156 valence electrons. The van der Waals surface area contributed by atoms with Crippen LogP contribution in [0.1, 0.15) is 49.2 Å². The molecule has 0 unspecified atom stereocenters. The van der Waals surface area contributed by atoms with Gasteiger partial charge in [0.25, 0.3) is 5.91 Å². The Labute approximate surface area is 172 Å². The number of ether oxygens (including phenoxy) is 3. The van der Waals surface area contributed by atoms with E-state index >= 15 is 0 Å². The summed E-state index contributed by atoms with van der Waals surface area (Å²) in [4.78, 5) is 24.7. The van der Waals surface area contributed by atoms with Crippen LogP contribution in [0.2, 0.25) is 0 Å². The second-order valence-corrected chi connectivity index (χ2v) is 7.04. The van der Waals surface area contributed by atoms with Crippen molar-refractivity contribution >= 4 is 11.9 Å². The summed E-state index contributed by atoms with van der Waals surface area (Å²) in [7, 11) is 1.50. The highest BCUT2D eigenvalue weighted by molar-refractivity contribution is 5.92. The zero-order chi connectivity index (χ0) is 21.2. The lowest BCUT2D eigenvalue weighted by molar-refractivity contribution is -0.125. The molecule has 6 heteroatoms. The molecule has 0 fully saturated rings.